The molecule has 0 aliphatic carbocycles. The van der Waals surface area contributed by atoms with E-state index in [0.29, 0.717) is 5.75 Å². The highest BCUT2D eigenvalue weighted by Gasteiger charge is 2.32. The van der Waals surface area contributed by atoms with Gasteiger partial charge in [0, 0.05) is 0 Å². The summed E-state index contributed by atoms with van der Waals surface area (Å²) in [6.07, 6.45) is -5.20. The monoisotopic (exact) mass is 371 g/mol. The van der Waals surface area contributed by atoms with Gasteiger partial charge in [0.05, 0.1) is 12.2 Å². The first-order valence-electron chi connectivity index (χ1n) is 7.57. The highest BCUT2D eigenvalue weighted by Crippen LogP contribution is 2.29. The van der Waals surface area contributed by atoms with Crippen LogP contribution in [0.25, 0.3) is 0 Å². The van der Waals surface area contributed by atoms with Crippen LogP contribution in [0.1, 0.15) is 6.92 Å². The Morgan fingerprint density at radius 3 is 2.46 bits per heavy atom. The molecule has 3 N–H and O–H groups in total. The number of rotatable bonds is 6. The number of para-hydroxylation sites is 2. The number of alkyl halides is 3. The third-order valence-electron chi connectivity index (χ3n) is 3.05. The molecule has 9 heteroatoms. The van der Waals surface area contributed by atoms with Crippen LogP contribution in [0.3, 0.4) is 0 Å². The number of anilines is 1. The molecule has 5 nitrogen and oxygen atoms in total. The Morgan fingerprint density at radius 2 is 1.81 bits per heavy atom. The Kier molecular flexibility index (Phi) is 6.26. The molecule has 0 aliphatic rings. The fourth-order valence-corrected chi connectivity index (χ4v) is 1.97. The van der Waals surface area contributed by atoms with Crippen molar-refractivity contribution in [3.05, 3.63) is 54.3 Å². The molecular formula is C17H17F4N3O2. The van der Waals surface area contributed by atoms with Gasteiger partial charge in [0.1, 0.15) is 17.7 Å². The molecule has 0 aliphatic heterocycles. The second kappa shape index (κ2) is 8.41. The van der Waals surface area contributed by atoms with Gasteiger partial charge in [-0.2, -0.15) is 0 Å². The maximum Gasteiger partial charge on any atom is 0.573 e. The molecule has 2 aromatic carbocycles. The van der Waals surface area contributed by atoms with E-state index in [-0.39, 0.29) is 30.1 Å². The molecule has 26 heavy (non-hydrogen) atoms. The largest absolute Gasteiger partial charge is 0.573 e. The first-order valence-corrected chi connectivity index (χ1v) is 7.57. The smallest absolute Gasteiger partial charge is 0.489 e. The highest BCUT2D eigenvalue weighted by atomic mass is 19.4. The first-order chi connectivity index (χ1) is 12.2. The fourth-order valence-electron chi connectivity index (χ4n) is 1.97. The average Bonchev–Trinajstić information content (AvgIpc) is 2.56. The molecule has 0 radical (unpaired) electrons. The van der Waals surface area contributed by atoms with Crippen LogP contribution in [0, 0.1) is 5.82 Å². The van der Waals surface area contributed by atoms with Gasteiger partial charge in [0.2, 0.25) is 0 Å². The standard InChI is InChI=1S/C17H17F4N3O2/c1-11(25-13-8-6-12(18)7-9-13)10-23-16(22)24-14-4-2-3-5-15(14)26-17(19,20)21/h2-9,11H,10H2,1H3,(H3,22,23,24). The maximum atomic E-state index is 12.8. The number of guanidine groups is 1. The normalized spacial score (nSPS) is 13.2. The zero-order valence-corrected chi connectivity index (χ0v) is 13.8. The van der Waals surface area contributed by atoms with Crippen molar-refractivity contribution in [3.63, 3.8) is 0 Å². The van der Waals surface area contributed by atoms with Crippen molar-refractivity contribution in [2.45, 2.75) is 19.4 Å². The predicted octanol–water partition coefficient (Wildman–Crippen LogP) is 3.92. The van der Waals surface area contributed by atoms with E-state index in [1.807, 2.05) is 0 Å². The molecule has 2 aromatic rings. The molecule has 140 valence electrons. The minimum Gasteiger partial charge on any atom is -0.489 e. The van der Waals surface area contributed by atoms with E-state index in [0.717, 1.165) is 6.07 Å². The number of halogens is 4. The molecule has 0 saturated heterocycles. The van der Waals surface area contributed by atoms with Gasteiger partial charge in [-0.3, -0.25) is 0 Å². The Morgan fingerprint density at radius 1 is 1.15 bits per heavy atom. The van der Waals surface area contributed by atoms with Crippen molar-refractivity contribution >= 4 is 11.6 Å². The lowest BCUT2D eigenvalue weighted by molar-refractivity contribution is -0.274. The highest BCUT2D eigenvalue weighted by molar-refractivity contribution is 5.93. The summed E-state index contributed by atoms with van der Waals surface area (Å²) in [7, 11) is 0. The van der Waals surface area contributed by atoms with Crippen LogP contribution in [0.2, 0.25) is 0 Å². The van der Waals surface area contributed by atoms with Crippen LogP contribution in [-0.2, 0) is 0 Å². The van der Waals surface area contributed by atoms with Gasteiger partial charge in [0.25, 0.3) is 0 Å². The lowest BCUT2D eigenvalue weighted by Gasteiger charge is -2.15. The molecule has 0 spiro atoms. The summed E-state index contributed by atoms with van der Waals surface area (Å²) < 4.78 is 59.5. The van der Waals surface area contributed by atoms with Gasteiger partial charge in [0.15, 0.2) is 11.7 Å². The molecule has 0 aromatic heterocycles. The number of nitrogens with two attached hydrogens (primary N) is 1. The van der Waals surface area contributed by atoms with E-state index in [1.165, 1.54) is 42.5 Å². The van der Waals surface area contributed by atoms with Crippen molar-refractivity contribution in [1.82, 2.24) is 0 Å². The number of ether oxygens (including phenoxy) is 2. The summed E-state index contributed by atoms with van der Waals surface area (Å²) in [5, 5.41) is 2.56. The summed E-state index contributed by atoms with van der Waals surface area (Å²) in [5.74, 6) is -0.438. The number of nitrogens with one attached hydrogen (secondary N) is 1. The van der Waals surface area contributed by atoms with Crippen LogP contribution in [0.15, 0.2) is 53.5 Å². The van der Waals surface area contributed by atoms with E-state index in [2.05, 4.69) is 15.0 Å². The van der Waals surface area contributed by atoms with Crippen molar-refractivity contribution in [1.29, 1.82) is 0 Å². The number of benzene rings is 2. The number of aliphatic imine (C=N–C) groups is 1. The Bertz CT molecular complexity index is 748. The van der Waals surface area contributed by atoms with Gasteiger partial charge in [-0.25, -0.2) is 9.38 Å². The molecule has 1 atom stereocenters. The zero-order chi connectivity index (χ0) is 19.2. The average molecular weight is 371 g/mol. The molecule has 0 fully saturated rings. The first kappa shape index (κ1) is 19.4. The summed E-state index contributed by atoms with van der Waals surface area (Å²) in [5.41, 5.74) is 5.72. The molecule has 0 amide bonds. The van der Waals surface area contributed by atoms with Crippen LogP contribution >= 0.6 is 0 Å². The summed E-state index contributed by atoms with van der Waals surface area (Å²) in [6, 6.07) is 10.9. The third-order valence-corrected chi connectivity index (χ3v) is 3.05. The maximum absolute atomic E-state index is 12.8. The van der Waals surface area contributed by atoms with Crippen molar-refractivity contribution in [2.75, 3.05) is 11.9 Å². The molecule has 2 rings (SSSR count). The topological polar surface area (TPSA) is 68.9 Å². The van der Waals surface area contributed by atoms with Crippen LogP contribution in [0.5, 0.6) is 11.5 Å². The van der Waals surface area contributed by atoms with Crippen molar-refractivity contribution < 1.29 is 27.0 Å². The van der Waals surface area contributed by atoms with E-state index in [4.69, 9.17) is 10.5 Å². The Balaban J connectivity index is 1.94. The molecule has 0 saturated carbocycles. The molecule has 0 heterocycles. The SMILES string of the molecule is CC(CN=C(N)Nc1ccccc1OC(F)(F)F)Oc1ccc(F)cc1. The molecule has 1 unspecified atom stereocenters. The number of nitrogens with zero attached hydrogens (tertiary/aromatic N) is 1. The number of hydrogen-bond donors (Lipinski definition) is 2. The van der Waals surface area contributed by atoms with Crippen LogP contribution in [-0.4, -0.2) is 25.0 Å². The predicted molar refractivity (Wildman–Crippen MR) is 89.7 cm³/mol. The fraction of sp³-hybridized carbons (Fsp3) is 0.235. The second-order valence-corrected chi connectivity index (χ2v) is 5.28. The quantitative estimate of drug-likeness (QED) is 0.459. The minimum absolute atomic E-state index is 0.0261. The van der Waals surface area contributed by atoms with Gasteiger partial charge in [-0.1, -0.05) is 12.1 Å². The van der Waals surface area contributed by atoms with E-state index in [1.54, 1.807) is 6.92 Å². The lowest BCUT2D eigenvalue weighted by Crippen LogP contribution is -2.26. The zero-order valence-electron chi connectivity index (χ0n) is 13.8. The summed E-state index contributed by atoms with van der Waals surface area (Å²) in [4.78, 5) is 4.02. The lowest BCUT2D eigenvalue weighted by atomic mass is 10.3. The van der Waals surface area contributed by atoms with E-state index < -0.39 is 12.1 Å². The van der Waals surface area contributed by atoms with Crippen LogP contribution in [0.4, 0.5) is 23.2 Å². The summed E-state index contributed by atoms with van der Waals surface area (Å²) >= 11 is 0. The Hall–Kier alpha value is -2.97. The third kappa shape index (κ3) is 6.50. The molecular weight excluding hydrogens is 354 g/mol. The van der Waals surface area contributed by atoms with Gasteiger partial charge in [-0.15, -0.1) is 13.2 Å². The summed E-state index contributed by atoms with van der Waals surface area (Å²) in [6.45, 7) is 1.86. The minimum atomic E-state index is -4.82. The van der Waals surface area contributed by atoms with Crippen molar-refractivity contribution in [2.24, 2.45) is 10.7 Å². The van der Waals surface area contributed by atoms with Crippen LogP contribution < -0.4 is 20.5 Å². The second-order valence-electron chi connectivity index (χ2n) is 5.28. The van der Waals surface area contributed by atoms with E-state index in [9.17, 15) is 17.6 Å². The van der Waals surface area contributed by atoms with Gasteiger partial charge in [-0.05, 0) is 43.3 Å². The van der Waals surface area contributed by atoms with E-state index >= 15 is 0 Å². The van der Waals surface area contributed by atoms with Gasteiger partial charge < -0.3 is 20.5 Å². The molecule has 0 bridgehead atoms. The van der Waals surface area contributed by atoms with Crippen molar-refractivity contribution in [3.8, 4) is 11.5 Å². The van der Waals surface area contributed by atoms with Gasteiger partial charge >= 0.3 is 6.36 Å². The number of hydrogen-bond acceptors (Lipinski definition) is 3. The Labute approximate surface area is 147 Å².